The fraction of sp³-hybridized carbons (Fsp3) is 0.571. The van der Waals surface area contributed by atoms with Gasteiger partial charge < -0.3 is 5.32 Å². The monoisotopic (exact) mass is 273 g/mol. The maximum Gasteiger partial charge on any atom is 0.0468 e. The smallest absolute Gasteiger partial charge is 0.0468 e. The van der Waals surface area contributed by atoms with E-state index < -0.39 is 0 Å². The molecule has 0 amide bonds. The van der Waals surface area contributed by atoms with Crippen molar-refractivity contribution in [3.63, 3.8) is 0 Å². The number of benzene rings is 1. The third-order valence-electron chi connectivity index (χ3n) is 2.69. The molecule has 0 spiro atoms. The summed E-state index contributed by atoms with van der Waals surface area (Å²) in [7, 11) is 0. The fourth-order valence-electron chi connectivity index (χ4n) is 1.89. The van der Waals surface area contributed by atoms with E-state index in [2.05, 4.69) is 26.1 Å². The van der Waals surface area contributed by atoms with Crippen LogP contribution in [0, 0.1) is 5.92 Å². The van der Waals surface area contributed by atoms with Crippen LogP contribution >= 0.6 is 23.2 Å². The summed E-state index contributed by atoms with van der Waals surface area (Å²) >= 11 is 12.2. The Balaban J connectivity index is 2.86. The Hall–Kier alpha value is -0.240. The van der Waals surface area contributed by atoms with Crippen molar-refractivity contribution in [1.29, 1.82) is 0 Å². The first-order valence-electron chi connectivity index (χ1n) is 6.23. The van der Waals surface area contributed by atoms with Crippen LogP contribution in [0.25, 0.3) is 0 Å². The molecule has 0 aromatic heterocycles. The van der Waals surface area contributed by atoms with E-state index in [1.165, 1.54) is 0 Å². The van der Waals surface area contributed by atoms with Crippen LogP contribution in [-0.4, -0.2) is 6.54 Å². The van der Waals surface area contributed by atoms with Gasteiger partial charge in [0, 0.05) is 16.1 Å². The van der Waals surface area contributed by atoms with E-state index in [1.54, 1.807) is 0 Å². The predicted octanol–water partition coefficient (Wildman–Crippen LogP) is 5.08. The molecule has 17 heavy (non-hydrogen) atoms. The topological polar surface area (TPSA) is 12.0 Å². The SMILES string of the molecule is CCCNC(CC(C)C)c1ccc(Cl)cc1Cl. The van der Waals surface area contributed by atoms with Gasteiger partial charge in [-0.25, -0.2) is 0 Å². The lowest BCUT2D eigenvalue weighted by Gasteiger charge is -2.22. The standard InChI is InChI=1S/C14H21Cl2N/c1-4-7-17-14(8-10(2)3)12-6-5-11(15)9-13(12)16/h5-6,9-10,14,17H,4,7-8H2,1-3H3. The van der Waals surface area contributed by atoms with Crippen LogP contribution in [0.3, 0.4) is 0 Å². The van der Waals surface area contributed by atoms with Crippen molar-refractivity contribution < 1.29 is 0 Å². The minimum atomic E-state index is 0.319. The second-order valence-electron chi connectivity index (χ2n) is 4.80. The van der Waals surface area contributed by atoms with Gasteiger partial charge in [0.15, 0.2) is 0 Å². The Morgan fingerprint density at radius 3 is 2.47 bits per heavy atom. The second-order valence-corrected chi connectivity index (χ2v) is 5.65. The molecule has 0 radical (unpaired) electrons. The van der Waals surface area contributed by atoms with Gasteiger partial charge in [0.2, 0.25) is 0 Å². The van der Waals surface area contributed by atoms with Crippen molar-refractivity contribution in [1.82, 2.24) is 5.32 Å². The van der Waals surface area contributed by atoms with Gasteiger partial charge in [0.05, 0.1) is 0 Å². The Morgan fingerprint density at radius 1 is 1.24 bits per heavy atom. The first-order valence-corrected chi connectivity index (χ1v) is 6.98. The molecule has 0 fully saturated rings. The quantitative estimate of drug-likeness (QED) is 0.762. The first kappa shape index (κ1) is 14.8. The predicted molar refractivity (Wildman–Crippen MR) is 77.0 cm³/mol. The van der Waals surface area contributed by atoms with E-state index in [9.17, 15) is 0 Å². The van der Waals surface area contributed by atoms with Crippen LogP contribution in [0.1, 0.15) is 45.2 Å². The molecule has 1 N–H and O–H groups in total. The zero-order chi connectivity index (χ0) is 12.8. The zero-order valence-corrected chi connectivity index (χ0v) is 12.3. The van der Waals surface area contributed by atoms with Crippen molar-refractivity contribution in [3.05, 3.63) is 33.8 Å². The molecule has 1 unspecified atom stereocenters. The van der Waals surface area contributed by atoms with E-state index >= 15 is 0 Å². The summed E-state index contributed by atoms with van der Waals surface area (Å²) in [5, 5.41) is 5.00. The Kier molecular flexibility index (Phi) is 6.32. The van der Waals surface area contributed by atoms with Crippen LogP contribution in [0.4, 0.5) is 0 Å². The zero-order valence-electron chi connectivity index (χ0n) is 10.8. The maximum absolute atomic E-state index is 6.26. The molecular formula is C14H21Cl2N. The Bertz CT molecular complexity index is 350. The van der Waals surface area contributed by atoms with Gasteiger partial charge in [-0.1, -0.05) is 50.0 Å². The van der Waals surface area contributed by atoms with E-state index in [0.717, 1.165) is 30.0 Å². The molecule has 1 nitrogen and oxygen atoms in total. The summed E-state index contributed by atoms with van der Waals surface area (Å²) < 4.78 is 0. The minimum Gasteiger partial charge on any atom is -0.310 e. The summed E-state index contributed by atoms with van der Waals surface area (Å²) in [6.07, 6.45) is 2.21. The van der Waals surface area contributed by atoms with Crippen LogP contribution in [-0.2, 0) is 0 Å². The van der Waals surface area contributed by atoms with E-state index in [-0.39, 0.29) is 0 Å². The highest BCUT2D eigenvalue weighted by atomic mass is 35.5. The molecule has 1 atom stereocenters. The van der Waals surface area contributed by atoms with Gasteiger partial charge in [0.1, 0.15) is 0 Å². The summed E-state index contributed by atoms with van der Waals surface area (Å²) in [4.78, 5) is 0. The van der Waals surface area contributed by atoms with Crippen molar-refractivity contribution in [2.75, 3.05) is 6.54 Å². The molecule has 0 heterocycles. The summed E-state index contributed by atoms with van der Waals surface area (Å²) in [5.74, 6) is 0.635. The number of hydrogen-bond acceptors (Lipinski definition) is 1. The van der Waals surface area contributed by atoms with E-state index in [4.69, 9.17) is 23.2 Å². The van der Waals surface area contributed by atoms with Gasteiger partial charge in [-0.15, -0.1) is 0 Å². The normalized spacial score (nSPS) is 13.1. The van der Waals surface area contributed by atoms with Crippen molar-refractivity contribution >= 4 is 23.2 Å². The Labute approximate surface area is 115 Å². The van der Waals surface area contributed by atoms with Crippen molar-refractivity contribution in [2.45, 2.75) is 39.7 Å². The highest BCUT2D eigenvalue weighted by molar-refractivity contribution is 6.35. The van der Waals surface area contributed by atoms with Gasteiger partial charge >= 0.3 is 0 Å². The average molecular weight is 274 g/mol. The van der Waals surface area contributed by atoms with Crippen LogP contribution in [0.2, 0.25) is 10.0 Å². The number of hydrogen-bond donors (Lipinski definition) is 1. The van der Waals surface area contributed by atoms with Crippen LogP contribution in [0.15, 0.2) is 18.2 Å². The molecule has 0 aliphatic carbocycles. The lowest BCUT2D eigenvalue weighted by molar-refractivity contribution is 0.430. The number of nitrogens with one attached hydrogen (secondary N) is 1. The van der Waals surface area contributed by atoms with Gasteiger partial charge in [-0.05, 0) is 43.0 Å². The molecule has 3 heteroatoms. The third-order valence-corrected chi connectivity index (χ3v) is 3.25. The van der Waals surface area contributed by atoms with E-state index in [0.29, 0.717) is 17.0 Å². The molecule has 0 aliphatic rings. The molecule has 1 aromatic carbocycles. The summed E-state index contributed by atoms with van der Waals surface area (Å²) in [6, 6.07) is 6.07. The summed E-state index contributed by atoms with van der Waals surface area (Å²) in [6.45, 7) is 7.63. The largest absolute Gasteiger partial charge is 0.310 e. The van der Waals surface area contributed by atoms with Gasteiger partial charge in [-0.3, -0.25) is 0 Å². The third kappa shape index (κ3) is 4.87. The number of halogens is 2. The molecule has 96 valence electrons. The highest BCUT2D eigenvalue weighted by Gasteiger charge is 2.15. The molecule has 0 aliphatic heterocycles. The molecule has 0 bridgehead atoms. The Morgan fingerprint density at radius 2 is 1.94 bits per heavy atom. The lowest BCUT2D eigenvalue weighted by Crippen LogP contribution is -2.23. The van der Waals surface area contributed by atoms with Gasteiger partial charge in [-0.2, -0.15) is 0 Å². The summed E-state index contributed by atoms with van der Waals surface area (Å²) in [5.41, 5.74) is 1.15. The molecule has 0 saturated heterocycles. The lowest BCUT2D eigenvalue weighted by atomic mass is 9.97. The van der Waals surface area contributed by atoms with Crippen molar-refractivity contribution in [3.8, 4) is 0 Å². The molecular weight excluding hydrogens is 253 g/mol. The van der Waals surface area contributed by atoms with Crippen LogP contribution in [0.5, 0.6) is 0 Å². The molecule has 0 saturated carbocycles. The van der Waals surface area contributed by atoms with E-state index in [1.807, 2.05) is 18.2 Å². The maximum atomic E-state index is 6.26. The van der Waals surface area contributed by atoms with Crippen molar-refractivity contribution in [2.24, 2.45) is 5.92 Å². The first-order chi connectivity index (χ1) is 8.04. The molecule has 1 rings (SSSR count). The highest BCUT2D eigenvalue weighted by Crippen LogP contribution is 2.29. The second kappa shape index (κ2) is 7.25. The van der Waals surface area contributed by atoms with Crippen LogP contribution < -0.4 is 5.32 Å². The average Bonchev–Trinajstić information content (AvgIpc) is 2.24. The fourth-order valence-corrected chi connectivity index (χ4v) is 2.43. The minimum absolute atomic E-state index is 0.319. The molecule has 1 aromatic rings. The number of rotatable bonds is 6. The van der Waals surface area contributed by atoms with Gasteiger partial charge in [0.25, 0.3) is 0 Å².